The van der Waals surface area contributed by atoms with Crippen LogP contribution in [0, 0.1) is 0 Å². The van der Waals surface area contributed by atoms with E-state index in [-0.39, 0.29) is 17.6 Å². The lowest BCUT2D eigenvalue weighted by Crippen LogP contribution is -2.49. The first-order chi connectivity index (χ1) is 18.3. The molecule has 0 aliphatic carbocycles. The zero-order chi connectivity index (χ0) is 26.3. The lowest BCUT2D eigenvalue weighted by molar-refractivity contribution is -0.137. The predicted molar refractivity (Wildman–Crippen MR) is 134 cm³/mol. The molecule has 0 bridgehead atoms. The average molecular weight is 531 g/mol. The summed E-state index contributed by atoms with van der Waals surface area (Å²) in [6.07, 6.45) is -0.620. The van der Waals surface area contributed by atoms with E-state index in [9.17, 15) is 18.0 Å². The van der Waals surface area contributed by atoms with Gasteiger partial charge in [0.2, 0.25) is 11.9 Å². The normalized spacial score (nSPS) is 21.7. The van der Waals surface area contributed by atoms with Gasteiger partial charge in [-0.05, 0) is 31.0 Å². The summed E-state index contributed by atoms with van der Waals surface area (Å²) in [5, 5.41) is 11.1. The zero-order valence-electron chi connectivity index (χ0n) is 20.7. The summed E-state index contributed by atoms with van der Waals surface area (Å²) in [4.78, 5) is 25.9. The SMILES string of the molecule is O=C1C[C@H](Nc2nc(N3CCC(N4CCOCC4)CC3)c3cnn(-c4cccc(C(F)(F)F)c4)c3n2)CN1. The van der Waals surface area contributed by atoms with E-state index in [4.69, 9.17) is 9.72 Å². The number of hydrogen-bond donors (Lipinski definition) is 2. The molecule has 0 saturated carbocycles. The number of benzene rings is 1. The van der Waals surface area contributed by atoms with Crippen LogP contribution in [0.3, 0.4) is 0 Å². The first-order valence-corrected chi connectivity index (χ1v) is 12.9. The largest absolute Gasteiger partial charge is 0.416 e. The summed E-state index contributed by atoms with van der Waals surface area (Å²) in [6, 6.07) is 5.33. The summed E-state index contributed by atoms with van der Waals surface area (Å²) in [5.41, 5.74) is -0.0921. The van der Waals surface area contributed by atoms with Gasteiger partial charge in [0, 0.05) is 45.2 Å². The van der Waals surface area contributed by atoms with Crippen molar-refractivity contribution in [2.45, 2.75) is 37.5 Å². The van der Waals surface area contributed by atoms with Crippen molar-refractivity contribution in [2.24, 2.45) is 0 Å². The highest BCUT2D eigenvalue weighted by Gasteiger charge is 2.32. The lowest BCUT2D eigenvalue weighted by Gasteiger charge is -2.40. The number of morpholine rings is 1. The molecule has 3 saturated heterocycles. The molecular formula is C25H29F3N8O2. The van der Waals surface area contributed by atoms with E-state index in [1.807, 2.05) is 0 Å². The molecule has 3 aliphatic rings. The van der Waals surface area contributed by atoms with Gasteiger partial charge in [0.25, 0.3) is 0 Å². The number of alkyl halides is 3. The molecule has 202 valence electrons. The molecule has 38 heavy (non-hydrogen) atoms. The van der Waals surface area contributed by atoms with E-state index in [1.165, 1.54) is 10.7 Å². The number of halogens is 3. The van der Waals surface area contributed by atoms with Crippen molar-refractivity contribution in [1.29, 1.82) is 0 Å². The second-order valence-electron chi connectivity index (χ2n) is 9.93. The highest BCUT2D eigenvalue weighted by Crippen LogP contribution is 2.33. The van der Waals surface area contributed by atoms with Crippen molar-refractivity contribution in [3.05, 3.63) is 36.0 Å². The molecule has 3 aliphatic heterocycles. The fraction of sp³-hybridized carbons (Fsp3) is 0.520. The van der Waals surface area contributed by atoms with Crippen LogP contribution in [0.2, 0.25) is 0 Å². The number of ether oxygens (including phenoxy) is 1. The zero-order valence-corrected chi connectivity index (χ0v) is 20.7. The standard InChI is InChI=1S/C25H29F3N8O2/c26-25(27,28)16-2-1-3-19(12-16)36-23-20(15-30-36)22(32-24(33-23)31-17-13-21(37)29-14-17)35-6-4-18(5-7-35)34-8-10-38-11-9-34/h1-3,12,15,17-18H,4-11,13-14H2,(H,29,37)(H,31,32,33)/t17-/m0/s1. The van der Waals surface area contributed by atoms with Gasteiger partial charge in [0.1, 0.15) is 5.82 Å². The summed E-state index contributed by atoms with van der Waals surface area (Å²) in [5.74, 6) is 0.953. The second kappa shape index (κ2) is 10.0. The number of piperidine rings is 1. The van der Waals surface area contributed by atoms with Gasteiger partial charge < -0.3 is 20.3 Å². The molecule has 3 aromatic rings. The van der Waals surface area contributed by atoms with Crippen molar-refractivity contribution >= 4 is 28.7 Å². The van der Waals surface area contributed by atoms with Crippen LogP contribution in [0.4, 0.5) is 24.9 Å². The van der Waals surface area contributed by atoms with Gasteiger partial charge in [0.15, 0.2) is 5.65 Å². The molecule has 1 aromatic carbocycles. The van der Waals surface area contributed by atoms with Crippen LogP contribution in [0.25, 0.3) is 16.7 Å². The first kappa shape index (κ1) is 24.9. The van der Waals surface area contributed by atoms with Gasteiger partial charge in [-0.1, -0.05) is 6.07 Å². The third-order valence-corrected chi connectivity index (χ3v) is 7.46. The Morgan fingerprint density at radius 1 is 1.08 bits per heavy atom. The monoisotopic (exact) mass is 530 g/mol. The number of aromatic nitrogens is 4. The number of hydrogen-bond acceptors (Lipinski definition) is 8. The van der Waals surface area contributed by atoms with Crippen LogP contribution in [0.5, 0.6) is 0 Å². The molecule has 3 fully saturated rings. The molecule has 10 nitrogen and oxygen atoms in total. The number of rotatable bonds is 5. The van der Waals surface area contributed by atoms with Gasteiger partial charge in [-0.2, -0.15) is 28.2 Å². The minimum absolute atomic E-state index is 0.0528. The first-order valence-electron chi connectivity index (χ1n) is 12.9. The summed E-state index contributed by atoms with van der Waals surface area (Å²) < 4.78 is 47.1. The summed E-state index contributed by atoms with van der Waals surface area (Å²) in [6.45, 7) is 5.41. The van der Waals surface area contributed by atoms with E-state index in [0.29, 0.717) is 41.8 Å². The molecule has 6 rings (SSSR count). The van der Waals surface area contributed by atoms with E-state index >= 15 is 0 Å². The molecule has 2 N–H and O–H groups in total. The third-order valence-electron chi connectivity index (χ3n) is 7.46. The summed E-state index contributed by atoms with van der Waals surface area (Å²) >= 11 is 0. The predicted octanol–water partition coefficient (Wildman–Crippen LogP) is 2.44. The van der Waals surface area contributed by atoms with Crippen LogP contribution in [-0.2, 0) is 15.7 Å². The Morgan fingerprint density at radius 3 is 2.58 bits per heavy atom. The van der Waals surface area contributed by atoms with E-state index in [2.05, 4.69) is 30.5 Å². The van der Waals surface area contributed by atoms with Gasteiger partial charge >= 0.3 is 6.18 Å². The Labute approximate surface area is 217 Å². The molecule has 13 heteroatoms. The van der Waals surface area contributed by atoms with Gasteiger partial charge in [-0.3, -0.25) is 9.69 Å². The minimum atomic E-state index is -4.47. The van der Waals surface area contributed by atoms with Crippen molar-refractivity contribution in [3.8, 4) is 5.69 Å². The molecule has 0 unspecified atom stereocenters. The average Bonchev–Trinajstić information content (AvgIpc) is 3.54. The fourth-order valence-corrected chi connectivity index (χ4v) is 5.48. The molecule has 1 amide bonds. The Hall–Kier alpha value is -3.45. The van der Waals surface area contributed by atoms with Crippen molar-refractivity contribution in [2.75, 3.05) is 56.2 Å². The number of carbonyl (C=O) groups is 1. The van der Waals surface area contributed by atoms with E-state index in [0.717, 1.165) is 64.4 Å². The number of nitrogens with one attached hydrogen (secondary N) is 2. The number of anilines is 2. The Kier molecular flexibility index (Phi) is 6.56. The maximum absolute atomic E-state index is 13.4. The van der Waals surface area contributed by atoms with Crippen LogP contribution in [0.15, 0.2) is 30.5 Å². The maximum Gasteiger partial charge on any atom is 0.416 e. The second-order valence-corrected chi connectivity index (χ2v) is 9.93. The van der Waals surface area contributed by atoms with Crippen LogP contribution < -0.4 is 15.5 Å². The number of nitrogens with zero attached hydrogens (tertiary/aromatic N) is 6. The smallest absolute Gasteiger partial charge is 0.379 e. The molecule has 1 atom stereocenters. The topological polar surface area (TPSA) is 100 Å². The van der Waals surface area contributed by atoms with Crippen LogP contribution in [-0.4, -0.2) is 88.6 Å². The van der Waals surface area contributed by atoms with E-state index in [1.54, 1.807) is 12.3 Å². The molecular weight excluding hydrogens is 501 g/mol. The Morgan fingerprint density at radius 2 is 1.87 bits per heavy atom. The fourth-order valence-electron chi connectivity index (χ4n) is 5.48. The van der Waals surface area contributed by atoms with Crippen LogP contribution in [0.1, 0.15) is 24.8 Å². The van der Waals surface area contributed by atoms with Crippen LogP contribution >= 0.6 is 0 Å². The minimum Gasteiger partial charge on any atom is -0.379 e. The third kappa shape index (κ3) is 4.99. The van der Waals surface area contributed by atoms with Gasteiger partial charge in [0.05, 0.1) is 42.1 Å². The van der Waals surface area contributed by atoms with Crippen molar-refractivity contribution in [3.63, 3.8) is 0 Å². The lowest BCUT2D eigenvalue weighted by atomic mass is 10.0. The number of fused-ring (bicyclic) bond motifs is 1. The molecule has 0 radical (unpaired) electrons. The molecule has 5 heterocycles. The van der Waals surface area contributed by atoms with E-state index < -0.39 is 11.7 Å². The quantitative estimate of drug-likeness (QED) is 0.519. The Bertz CT molecular complexity index is 1320. The van der Waals surface area contributed by atoms with Gasteiger partial charge in [-0.25, -0.2) is 4.68 Å². The Balaban J connectivity index is 1.34. The highest BCUT2D eigenvalue weighted by atomic mass is 19.4. The molecule has 2 aromatic heterocycles. The highest BCUT2D eigenvalue weighted by molar-refractivity contribution is 5.89. The van der Waals surface area contributed by atoms with Crippen molar-refractivity contribution in [1.82, 2.24) is 30.0 Å². The number of carbonyl (C=O) groups excluding carboxylic acids is 1. The molecule has 0 spiro atoms. The van der Waals surface area contributed by atoms with Gasteiger partial charge in [-0.15, -0.1) is 0 Å². The maximum atomic E-state index is 13.4. The number of amides is 1. The van der Waals surface area contributed by atoms with Crippen molar-refractivity contribution < 1.29 is 22.7 Å². The summed E-state index contributed by atoms with van der Waals surface area (Å²) in [7, 11) is 0.